The Morgan fingerprint density at radius 1 is 1.21 bits per heavy atom. The number of hydrogen-bond acceptors (Lipinski definition) is 5. The number of amides is 2. The van der Waals surface area contributed by atoms with Gasteiger partial charge in [0, 0.05) is 24.5 Å². The summed E-state index contributed by atoms with van der Waals surface area (Å²) in [4.78, 5) is 26.1. The number of primary amides is 1. The molecule has 3 rings (SSSR count). The number of likely N-dealkylation sites (tertiary alicyclic amines) is 1. The Labute approximate surface area is 169 Å². The molecule has 154 valence electrons. The molecular weight excluding hydrogens is 406 g/mol. The van der Waals surface area contributed by atoms with Crippen molar-refractivity contribution in [2.24, 2.45) is 5.73 Å². The predicted octanol–water partition coefficient (Wildman–Crippen LogP) is 0.557. The van der Waals surface area contributed by atoms with Gasteiger partial charge in [-0.3, -0.25) is 9.59 Å². The van der Waals surface area contributed by atoms with Crippen molar-refractivity contribution in [2.75, 3.05) is 13.1 Å². The maximum absolute atomic E-state index is 13.3. The quantitative estimate of drug-likeness (QED) is 0.724. The summed E-state index contributed by atoms with van der Waals surface area (Å²) in [5.74, 6) is -1.20. The Balaban J connectivity index is 1.93. The summed E-state index contributed by atoms with van der Waals surface area (Å²) >= 11 is 6.08. The van der Waals surface area contributed by atoms with Crippen LogP contribution in [0.25, 0.3) is 0 Å². The minimum atomic E-state index is -3.94. The first-order chi connectivity index (χ1) is 13.0. The summed E-state index contributed by atoms with van der Waals surface area (Å²) in [6.45, 7) is 3.55. The highest BCUT2D eigenvalue weighted by Crippen LogP contribution is 2.32. The van der Waals surface area contributed by atoms with Crippen LogP contribution in [0.1, 0.15) is 30.4 Å². The smallest absolute Gasteiger partial charge is 0.244 e. The van der Waals surface area contributed by atoms with Crippen LogP contribution in [0.3, 0.4) is 0 Å². The molecule has 8 nitrogen and oxygen atoms in total. The van der Waals surface area contributed by atoms with Crippen LogP contribution >= 0.6 is 11.6 Å². The summed E-state index contributed by atoms with van der Waals surface area (Å²) in [7, 11) is -3.94. The molecule has 2 fully saturated rings. The molecule has 0 radical (unpaired) electrons. The lowest BCUT2D eigenvalue weighted by Crippen LogP contribution is -2.52. The van der Waals surface area contributed by atoms with Gasteiger partial charge in [0.15, 0.2) is 0 Å². The summed E-state index contributed by atoms with van der Waals surface area (Å²) in [6, 6.07) is 1.26. The standard InChI is InChI=1S/C18H24ClN3O5S/c1-10-7-16(11(2)6-13(10)19)28(26,27)22-5-3-4-14(22)18(25)21-9-12(23)8-15(21)17(20)24/h6-7,12,14-15,23H,3-5,8-9H2,1-2H3,(H2,20,24). The average molecular weight is 430 g/mol. The first kappa shape index (κ1) is 21.0. The monoisotopic (exact) mass is 429 g/mol. The summed E-state index contributed by atoms with van der Waals surface area (Å²) < 4.78 is 27.8. The number of benzene rings is 1. The van der Waals surface area contributed by atoms with Crippen molar-refractivity contribution in [1.29, 1.82) is 0 Å². The minimum Gasteiger partial charge on any atom is -0.391 e. The van der Waals surface area contributed by atoms with Crippen molar-refractivity contribution in [1.82, 2.24) is 9.21 Å². The fraction of sp³-hybridized carbons (Fsp3) is 0.556. The zero-order chi connectivity index (χ0) is 20.8. The number of nitrogens with two attached hydrogens (primary N) is 1. The molecule has 2 saturated heterocycles. The highest BCUT2D eigenvalue weighted by Gasteiger charge is 2.46. The van der Waals surface area contributed by atoms with E-state index in [-0.39, 0.29) is 24.4 Å². The molecule has 2 heterocycles. The maximum atomic E-state index is 13.3. The Morgan fingerprint density at radius 2 is 1.89 bits per heavy atom. The van der Waals surface area contributed by atoms with Crippen LogP contribution in [0.5, 0.6) is 0 Å². The molecule has 0 saturated carbocycles. The number of β-amino-alcohol motifs (C(OH)–C–C–N with tert-alkyl or cyclic N) is 1. The second kappa shape index (κ2) is 7.62. The van der Waals surface area contributed by atoms with Gasteiger partial charge in [-0.2, -0.15) is 4.31 Å². The van der Waals surface area contributed by atoms with E-state index in [1.165, 1.54) is 15.3 Å². The third-order valence-electron chi connectivity index (χ3n) is 5.42. The van der Waals surface area contributed by atoms with Crippen LogP contribution in [-0.2, 0) is 19.6 Å². The van der Waals surface area contributed by atoms with E-state index >= 15 is 0 Å². The minimum absolute atomic E-state index is 0.0318. The van der Waals surface area contributed by atoms with Crippen LogP contribution in [0, 0.1) is 13.8 Å². The number of aliphatic hydroxyl groups is 1. The SMILES string of the molecule is Cc1cc(S(=O)(=O)N2CCCC2C(=O)N2CC(O)CC2C(N)=O)c(C)cc1Cl. The van der Waals surface area contributed by atoms with Gasteiger partial charge in [0.2, 0.25) is 21.8 Å². The van der Waals surface area contributed by atoms with Crippen LogP contribution in [-0.4, -0.2) is 65.8 Å². The number of carbonyl (C=O) groups excluding carboxylic acids is 2. The third kappa shape index (κ3) is 3.63. The van der Waals surface area contributed by atoms with Crippen molar-refractivity contribution in [3.05, 3.63) is 28.3 Å². The van der Waals surface area contributed by atoms with Gasteiger partial charge in [0.05, 0.1) is 11.0 Å². The molecule has 1 aromatic carbocycles. The Morgan fingerprint density at radius 3 is 2.54 bits per heavy atom. The largest absolute Gasteiger partial charge is 0.391 e. The first-order valence-corrected chi connectivity index (χ1v) is 10.9. The highest BCUT2D eigenvalue weighted by atomic mass is 35.5. The predicted molar refractivity (Wildman–Crippen MR) is 103 cm³/mol. The average Bonchev–Trinajstić information content (AvgIpc) is 3.24. The Hall–Kier alpha value is -1.68. The van der Waals surface area contributed by atoms with Crippen molar-refractivity contribution in [2.45, 2.75) is 56.2 Å². The van der Waals surface area contributed by atoms with Crippen molar-refractivity contribution in [3.63, 3.8) is 0 Å². The van der Waals surface area contributed by atoms with Gasteiger partial charge < -0.3 is 15.7 Å². The Kier molecular flexibility index (Phi) is 5.73. The fourth-order valence-electron chi connectivity index (χ4n) is 3.95. The molecule has 0 bridgehead atoms. The van der Waals surface area contributed by atoms with Crippen molar-refractivity contribution in [3.8, 4) is 0 Å². The topological polar surface area (TPSA) is 121 Å². The molecule has 2 amide bonds. The summed E-state index contributed by atoms with van der Waals surface area (Å²) in [5, 5.41) is 10.3. The van der Waals surface area contributed by atoms with Crippen molar-refractivity contribution < 1.29 is 23.1 Å². The second-order valence-corrected chi connectivity index (χ2v) is 9.71. The van der Waals surface area contributed by atoms with E-state index in [1.54, 1.807) is 19.9 Å². The molecule has 3 N–H and O–H groups in total. The second-order valence-electron chi connectivity index (χ2n) is 7.44. The molecule has 1 aromatic rings. The van der Waals surface area contributed by atoms with Gasteiger partial charge >= 0.3 is 0 Å². The van der Waals surface area contributed by atoms with E-state index in [1.807, 2.05) is 0 Å². The first-order valence-electron chi connectivity index (χ1n) is 9.10. The van der Waals surface area contributed by atoms with Gasteiger partial charge in [-0.1, -0.05) is 11.6 Å². The zero-order valence-corrected chi connectivity index (χ0v) is 17.3. The summed E-state index contributed by atoms with van der Waals surface area (Å²) in [6.07, 6.45) is 0.0884. The molecule has 0 aromatic heterocycles. The highest BCUT2D eigenvalue weighted by molar-refractivity contribution is 7.89. The number of rotatable bonds is 4. The number of hydrogen-bond donors (Lipinski definition) is 2. The fourth-order valence-corrected chi connectivity index (χ4v) is 6.11. The number of carbonyl (C=O) groups is 2. The number of halogens is 1. The van der Waals surface area contributed by atoms with E-state index in [9.17, 15) is 23.1 Å². The molecule has 2 aliphatic heterocycles. The molecule has 28 heavy (non-hydrogen) atoms. The van der Waals surface area contributed by atoms with Crippen LogP contribution in [0.2, 0.25) is 5.02 Å². The lowest BCUT2D eigenvalue weighted by molar-refractivity contribution is -0.140. The van der Waals surface area contributed by atoms with Gasteiger partial charge in [0.1, 0.15) is 12.1 Å². The Bertz CT molecular complexity index is 920. The molecule has 3 unspecified atom stereocenters. The third-order valence-corrected chi connectivity index (χ3v) is 7.88. The maximum Gasteiger partial charge on any atom is 0.244 e. The van der Waals surface area contributed by atoms with E-state index in [4.69, 9.17) is 17.3 Å². The molecule has 0 aliphatic carbocycles. The van der Waals surface area contributed by atoms with Crippen LogP contribution in [0.4, 0.5) is 0 Å². The lowest BCUT2D eigenvalue weighted by atomic mass is 10.1. The van der Waals surface area contributed by atoms with E-state index in [0.717, 1.165) is 0 Å². The number of aliphatic hydroxyl groups excluding tert-OH is 1. The molecule has 10 heteroatoms. The number of sulfonamides is 1. The van der Waals surface area contributed by atoms with E-state index in [2.05, 4.69) is 0 Å². The molecule has 0 spiro atoms. The molecular formula is C18H24ClN3O5S. The van der Waals surface area contributed by atoms with Crippen LogP contribution < -0.4 is 5.73 Å². The van der Waals surface area contributed by atoms with E-state index in [0.29, 0.717) is 29.0 Å². The van der Waals surface area contributed by atoms with Crippen LogP contribution in [0.15, 0.2) is 17.0 Å². The van der Waals surface area contributed by atoms with Gasteiger partial charge in [-0.25, -0.2) is 8.42 Å². The van der Waals surface area contributed by atoms with Crippen molar-refractivity contribution >= 4 is 33.4 Å². The van der Waals surface area contributed by atoms with Gasteiger partial charge in [-0.15, -0.1) is 0 Å². The number of nitrogens with zero attached hydrogens (tertiary/aromatic N) is 2. The van der Waals surface area contributed by atoms with Gasteiger partial charge in [0.25, 0.3) is 0 Å². The normalized spacial score (nSPS) is 26.0. The lowest BCUT2D eigenvalue weighted by Gasteiger charge is -2.30. The number of aryl methyl sites for hydroxylation is 2. The molecule has 3 atom stereocenters. The van der Waals surface area contributed by atoms with Gasteiger partial charge in [-0.05, 0) is 49.9 Å². The molecule has 2 aliphatic rings. The zero-order valence-electron chi connectivity index (χ0n) is 15.8. The van der Waals surface area contributed by atoms with E-state index < -0.39 is 40.0 Å². The summed E-state index contributed by atoms with van der Waals surface area (Å²) in [5.41, 5.74) is 6.49.